The van der Waals surface area contributed by atoms with Gasteiger partial charge in [-0.25, -0.2) is 9.78 Å². The van der Waals surface area contributed by atoms with E-state index < -0.39 is 5.97 Å². The third-order valence-electron chi connectivity index (χ3n) is 1.67. The monoisotopic (exact) mass is 335 g/mol. The summed E-state index contributed by atoms with van der Waals surface area (Å²) in [6, 6.07) is 3.17. The van der Waals surface area contributed by atoms with E-state index in [4.69, 9.17) is 5.11 Å². The van der Waals surface area contributed by atoms with E-state index >= 15 is 0 Å². The molecule has 0 bridgehead atoms. The minimum absolute atomic E-state index is 0.264. The molecule has 0 amide bonds. The molecule has 0 atom stereocenters. The van der Waals surface area contributed by atoms with Crippen LogP contribution in [0.25, 0.3) is 10.2 Å². The van der Waals surface area contributed by atoms with Crippen molar-refractivity contribution in [3.63, 3.8) is 0 Å². The number of nitrogens with zero attached hydrogens (tertiary/aromatic N) is 1. The van der Waals surface area contributed by atoms with Crippen molar-refractivity contribution in [2.24, 2.45) is 0 Å². The van der Waals surface area contributed by atoms with Crippen LogP contribution in [-0.2, 0) is 0 Å². The summed E-state index contributed by atoms with van der Waals surface area (Å²) in [5, 5.41) is 8.83. The first kappa shape index (κ1) is 10.1. The number of carboxylic acids is 1. The molecule has 0 spiro atoms. The molecule has 2 rings (SSSR count). The molecule has 0 aliphatic rings. The third-order valence-corrected chi connectivity index (χ3v) is 3.73. The van der Waals surface area contributed by atoms with Crippen LogP contribution in [0.15, 0.2) is 20.5 Å². The molecule has 0 aliphatic heterocycles. The average molecular weight is 337 g/mol. The number of carbonyl (C=O) groups is 1. The van der Waals surface area contributed by atoms with Gasteiger partial charge in [-0.1, -0.05) is 0 Å². The van der Waals surface area contributed by atoms with Crippen molar-refractivity contribution < 1.29 is 9.90 Å². The van der Waals surface area contributed by atoms with Crippen molar-refractivity contribution in [2.75, 3.05) is 0 Å². The molecule has 1 heterocycles. The second-order valence-electron chi connectivity index (χ2n) is 2.58. The number of thiazole rings is 1. The molecule has 72 valence electrons. The lowest BCUT2D eigenvalue weighted by atomic mass is 10.2. The van der Waals surface area contributed by atoms with Crippen LogP contribution in [0.5, 0.6) is 0 Å². The molecule has 2 aromatic rings. The second-order valence-corrected chi connectivity index (χ2v) is 5.74. The predicted octanol–water partition coefficient (Wildman–Crippen LogP) is 3.52. The maximum Gasteiger partial charge on any atom is 0.335 e. The molecule has 1 N–H and O–H groups in total. The number of hydrogen-bond acceptors (Lipinski definition) is 3. The van der Waals surface area contributed by atoms with Gasteiger partial charge in [0.25, 0.3) is 0 Å². The van der Waals surface area contributed by atoms with E-state index in [1.807, 2.05) is 0 Å². The summed E-state index contributed by atoms with van der Waals surface area (Å²) in [4.78, 5) is 15.0. The van der Waals surface area contributed by atoms with Crippen molar-refractivity contribution in [2.45, 2.75) is 0 Å². The predicted molar refractivity (Wildman–Crippen MR) is 62.0 cm³/mol. The van der Waals surface area contributed by atoms with Crippen LogP contribution in [0, 0.1) is 0 Å². The number of halogens is 2. The van der Waals surface area contributed by atoms with Crippen LogP contribution in [0.4, 0.5) is 0 Å². The quantitative estimate of drug-likeness (QED) is 0.866. The molecule has 0 radical (unpaired) electrons. The molecule has 1 aromatic heterocycles. The first-order valence-corrected chi connectivity index (χ1v) is 5.97. The maximum absolute atomic E-state index is 10.8. The van der Waals surface area contributed by atoms with E-state index in [-0.39, 0.29) is 5.56 Å². The molecule has 6 heteroatoms. The van der Waals surface area contributed by atoms with E-state index in [9.17, 15) is 4.79 Å². The summed E-state index contributed by atoms with van der Waals surface area (Å²) < 4.78 is 2.30. The zero-order valence-corrected chi connectivity index (χ0v) is 10.6. The molecule has 0 saturated heterocycles. The Hall–Kier alpha value is -0.460. The highest BCUT2D eigenvalue weighted by molar-refractivity contribution is 9.11. The van der Waals surface area contributed by atoms with Gasteiger partial charge in [0.15, 0.2) is 3.92 Å². The largest absolute Gasteiger partial charge is 0.478 e. The molecule has 0 aliphatic carbocycles. The molecule has 14 heavy (non-hydrogen) atoms. The third kappa shape index (κ3) is 1.69. The van der Waals surface area contributed by atoms with Gasteiger partial charge in [0.1, 0.15) is 0 Å². The fourth-order valence-electron chi connectivity index (χ4n) is 1.09. The van der Waals surface area contributed by atoms with Crippen LogP contribution in [0.3, 0.4) is 0 Å². The summed E-state index contributed by atoms with van der Waals surface area (Å²) in [5.41, 5.74) is 1.05. The van der Waals surface area contributed by atoms with Crippen LogP contribution in [0.2, 0.25) is 0 Å². The Labute approximate surface area is 100 Å². The van der Waals surface area contributed by atoms with Gasteiger partial charge in [-0.15, -0.1) is 11.3 Å². The van der Waals surface area contributed by atoms with Gasteiger partial charge in [-0.3, -0.25) is 0 Å². The first-order valence-electron chi connectivity index (χ1n) is 3.57. The fourth-order valence-corrected chi connectivity index (χ4v) is 3.22. The molecular weight excluding hydrogens is 334 g/mol. The van der Waals surface area contributed by atoms with Crippen molar-refractivity contribution >= 4 is 59.4 Å². The highest BCUT2D eigenvalue weighted by atomic mass is 79.9. The fraction of sp³-hybridized carbons (Fsp3) is 0. The molecular formula is C8H3Br2NO2S. The van der Waals surface area contributed by atoms with Gasteiger partial charge >= 0.3 is 5.97 Å². The minimum atomic E-state index is -0.933. The van der Waals surface area contributed by atoms with E-state index in [1.165, 1.54) is 11.3 Å². The van der Waals surface area contributed by atoms with E-state index in [2.05, 4.69) is 36.8 Å². The Bertz CT molecular complexity index is 523. The zero-order valence-electron chi connectivity index (χ0n) is 6.62. The number of aromatic nitrogens is 1. The van der Waals surface area contributed by atoms with Gasteiger partial charge in [0.05, 0.1) is 15.8 Å². The summed E-state index contributed by atoms with van der Waals surface area (Å²) >= 11 is 7.96. The SMILES string of the molecule is O=C(O)c1cc(Br)c2nc(Br)sc2c1. The Morgan fingerprint density at radius 2 is 2.14 bits per heavy atom. The van der Waals surface area contributed by atoms with Crippen LogP contribution >= 0.6 is 43.2 Å². The van der Waals surface area contributed by atoms with Crippen LogP contribution in [0.1, 0.15) is 10.4 Å². The lowest BCUT2D eigenvalue weighted by Crippen LogP contribution is -1.95. The smallest absolute Gasteiger partial charge is 0.335 e. The van der Waals surface area contributed by atoms with Gasteiger partial charge in [-0.05, 0) is 44.0 Å². The Morgan fingerprint density at radius 3 is 2.79 bits per heavy atom. The van der Waals surface area contributed by atoms with E-state index in [0.717, 1.165) is 14.1 Å². The highest BCUT2D eigenvalue weighted by Crippen LogP contribution is 2.32. The standard InChI is InChI=1S/C8H3Br2NO2S/c9-4-1-3(7(12)13)2-5-6(4)11-8(10)14-5/h1-2H,(H,12,13). The topological polar surface area (TPSA) is 50.2 Å². The molecule has 1 aromatic carbocycles. The summed E-state index contributed by atoms with van der Waals surface area (Å²) in [5.74, 6) is -0.933. The van der Waals surface area contributed by atoms with Gasteiger partial charge in [0.2, 0.25) is 0 Å². The Kier molecular flexibility index (Phi) is 2.59. The zero-order chi connectivity index (χ0) is 10.3. The van der Waals surface area contributed by atoms with Crippen molar-refractivity contribution in [1.29, 1.82) is 0 Å². The Morgan fingerprint density at radius 1 is 1.43 bits per heavy atom. The molecule has 3 nitrogen and oxygen atoms in total. The van der Waals surface area contributed by atoms with Gasteiger partial charge in [-0.2, -0.15) is 0 Å². The highest BCUT2D eigenvalue weighted by Gasteiger charge is 2.10. The minimum Gasteiger partial charge on any atom is -0.478 e. The van der Waals surface area contributed by atoms with Crippen LogP contribution in [-0.4, -0.2) is 16.1 Å². The van der Waals surface area contributed by atoms with Gasteiger partial charge in [0, 0.05) is 4.47 Å². The number of benzene rings is 1. The number of rotatable bonds is 1. The maximum atomic E-state index is 10.8. The Balaban J connectivity index is 2.77. The molecule has 0 unspecified atom stereocenters. The van der Waals surface area contributed by atoms with Gasteiger partial charge < -0.3 is 5.11 Å². The van der Waals surface area contributed by atoms with E-state index in [0.29, 0.717) is 4.47 Å². The molecule has 0 saturated carbocycles. The first-order chi connectivity index (χ1) is 6.58. The summed E-state index contributed by atoms with van der Waals surface area (Å²) in [6.45, 7) is 0. The lowest BCUT2D eigenvalue weighted by molar-refractivity contribution is 0.0697. The van der Waals surface area contributed by atoms with Crippen LogP contribution < -0.4 is 0 Å². The van der Waals surface area contributed by atoms with Crippen molar-refractivity contribution in [1.82, 2.24) is 4.98 Å². The van der Waals surface area contributed by atoms with Crippen molar-refractivity contribution in [3.05, 3.63) is 26.1 Å². The lowest BCUT2D eigenvalue weighted by Gasteiger charge is -1.96. The number of hydrogen-bond donors (Lipinski definition) is 1. The number of carboxylic acid groups (broad SMARTS) is 1. The average Bonchev–Trinajstić information content (AvgIpc) is 2.45. The molecule has 0 fully saturated rings. The number of fused-ring (bicyclic) bond motifs is 1. The second kappa shape index (κ2) is 3.60. The summed E-state index contributed by atoms with van der Waals surface area (Å²) in [6.07, 6.45) is 0. The number of aromatic carboxylic acids is 1. The summed E-state index contributed by atoms with van der Waals surface area (Å²) in [7, 11) is 0. The normalized spacial score (nSPS) is 10.7. The van der Waals surface area contributed by atoms with E-state index in [1.54, 1.807) is 12.1 Å². The van der Waals surface area contributed by atoms with Crippen molar-refractivity contribution in [3.8, 4) is 0 Å².